The molecule has 0 aromatic heterocycles. The molecule has 7 nitrogen and oxygen atoms in total. The third-order valence-electron chi connectivity index (χ3n) is 7.53. The molecule has 35 heavy (non-hydrogen) atoms. The lowest BCUT2D eigenvalue weighted by Gasteiger charge is -2.46. The Balaban J connectivity index is 2.12. The summed E-state index contributed by atoms with van der Waals surface area (Å²) in [4.78, 5) is 44.9. The van der Waals surface area contributed by atoms with Gasteiger partial charge in [-0.2, -0.15) is 0 Å². The summed E-state index contributed by atoms with van der Waals surface area (Å²) < 4.78 is 4.63. The van der Waals surface area contributed by atoms with E-state index in [4.69, 9.17) is 4.74 Å². The second-order valence-electron chi connectivity index (χ2n) is 12.0. The molecule has 3 unspecified atom stereocenters. The van der Waals surface area contributed by atoms with Crippen LogP contribution in [0.25, 0.3) is 0 Å². The van der Waals surface area contributed by atoms with Crippen molar-refractivity contribution in [2.75, 3.05) is 19.8 Å². The highest BCUT2D eigenvalue weighted by molar-refractivity contribution is 9.09. The number of carbonyl (C=O) groups is 3. The quantitative estimate of drug-likeness (QED) is 0.258. The summed E-state index contributed by atoms with van der Waals surface area (Å²) in [6.45, 7) is 18.3. The van der Waals surface area contributed by atoms with E-state index < -0.39 is 34.2 Å². The van der Waals surface area contributed by atoms with Crippen molar-refractivity contribution in [3.05, 3.63) is 12.7 Å². The number of ether oxygens (including phenoxy) is 1. The molecule has 3 rings (SSSR count). The van der Waals surface area contributed by atoms with Crippen molar-refractivity contribution < 1.29 is 24.2 Å². The Morgan fingerprint density at radius 1 is 1.37 bits per heavy atom. The zero-order valence-electron chi connectivity index (χ0n) is 22.0. The van der Waals surface area contributed by atoms with E-state index in [0.29, 0.717) is 13.0 Å². The molecule has 9 heteroatoms. The maximum absolute atomic E-state index is 14.5. The van der Waals surface area contributed by atoms with Crippen molar-refractivity contribution >= 4 is 45.5 Å². The van der Waals surface area contributed by atoms with E-state index in [2.05, 4.69) is 57.1 Å². The molecule has 1 N–H and O–H groups in total. The number of amides is 2. The van der Waals surface area contributed by atoms with Gasteiger partial charge in [-0.3, -0.25) is 14.4 Å². The minimum Gasteiger partial charge on any atom is -0.466 e. The van der Waals surface area contributed by atoms with Crippen molar-refractivity contribution in [2.45, 2.75) is 93.8 Å². The van der Waals surface area contributed by atoms with Gasteiger partial charge in [0.15, 0.2) is 0 Å². The first-order valence-electron chi connectivity index (χ1n) is 12.5. The zero-order valence-corrected chi connectivity index (χ0v) is 24.4. The van der Waals surface area contributed by atoms with Gasteiger partial charge in [-0.05, 0) is 46.0 Å². The molecule has 3 saturated heterocycles. The number of nitrogens with zero attached hydrogens (tertiary/aromatic N) is 2. The van der Waals surface area contributed by atoms with E-state index in [1.54, 1.807) is 36.6 Å². The first-order valence-corrected chi connectivity index (χ1v) is 14.3. The van der Waals surface area contributed by atoms with Crippen LogP contribution in [0.4, 0.5) is 0 Å². The molecule has 3 heterocycles. The minimum absolute atomic E-state index is 0.0129. The standard InChI is InChI=1S/C26H41BrN2O5S/c1-9-11-28(25(7,8)14-24(4,5)6)22(32)20-26-12-16(27)19(35-26)17(23(33)34-10-2)18(26)21(31)29(20)15(3)13-30/h9,15-20,30H,1,10-14H2,2-8H3/t15-,16?,17+,18+,19+,20?,26?/m1/s1. The van der Waals surface area contributed by atoms with Crippen LogP contribution in [-0.4, -0.2) is 84.9 Å². The molecule has 0 aromatic carbocycles. The van der Waals surface area contributed by atoms with Crippen molar-refractivity contribution in [1.82, 2.24) is 9.80 Å². The number of aliphatic hydroxyl groups excluding tert-OH is 1. The molecule has 3 aliphatic heterocycles. The summed E-state index contributed by atoms with van der Waals surface area (Å²) in [5.41, 5.74) is -0.519. The monoisotopic (exact) mass is 572 g/mol. The lowest BCUT2D eigenvalue weighted by molar-refractivity contribution is -0.154. The smallest absolute Gasteiger partial charge is 0.310 e. The molecule has 0 aromatic rings. The van der Waals surface area contributed by atoms with Crippen LogP contribution in [0, 0.1) is 17.3 Å². The number of alkyl halides is 1. The van der Waals surface area contributed by atoms with Gasteiger partial charge in [-0.25, -0.2) is 0 Å². The van der Waals surface area contributed by atoms with Crippen LogP contribution in [0.15, 0.2) is 12.7 Å². The summed E-state index contributed by atoms with van der Waals surface area (Å²) in [5, 5.41) is 9.93. The Labute approximate surface area is 222 Å². The second kappa shape index (κ2) is 10.0. The van der Waals surface area contributed by atoms with Gasteiger partial charge in [0.05, 0.1) is 35.8 Å². The number of likely N-dealkylation sites (tertiary alicyclic amines) is 1. The topological polar surface area (TPSA) is 87.2 Å². The third-order valence-corrected chi connectivity index (χ3v) is 10.8. The average Bonchev–Trinajstić information content (AvgIpc) is 3.32. The van der Waals surface area contributed by atoms with E-state index in [1.807, 2.05) is 4.90 Å². The molecule has 1 spiro atoms. The molecule has 0 radical (unpaired) electrons. The Kier molecular flexibility index (Phi) is 8.15. The third kappa shape index (κ3) is 4.81. The number of hydrogen-bond donors (Lipinski definition) is 1. The summed E-state index contributed by atoms with van der Waals surface area (Å²) in [6, 6.07) is -1.33. The van der Waals surface area contributed by atoms with Gasteiger partial charge in [-0.15, -0.1) is 18.3 Å². The van der Waals surface area contributed by atoms with Gasteiger partial charge >= 0.3 is 5.97 Å². The number of fused-ring (bicyclic) bond motifs is 1. The van der Waals surface area contributed by atoms with Crippen LogP contribution < -0.4 is 0 Å². The summed E-state index contributed by atoms with van der Waals surface area (Å²) in [6.07, 6.45) is 3.08. The van der Waals surface area contributed by atoms with E-state index in [1.165, 1.54) is 0 Å². The second-order valence-corrected chi connectivity index (χ2v) is 14.7. The predicted molar refractivity (Wildman–Crippen MR) is 142 cm³/mol. The molecular formula is C26H41BrN2O5S. The van der Waals surface area contributed by atoms with E-state index in [0.717, 1.165) is 6.42 Å². The van der Waals surface area contributed by atoms with Crippen molar-refractivity contribution in [2.24, 2.45) is 17.3 Å². The van der Waals surface area contributed by atoms with Crippen molar-refractivity contribution in [1.29, 1.82) is 0 Å². The average molecular weight is 574 g/mol. The lowest BCUT2D eigenvalue weighted by Crippen LogP contribution is -2.61. The SMILES string of the molecule is C=CCN(C(=O)C1N([C@H](C)CO)C(=O)[C@@H]2[C@H](C(=O)OCC)[C@H]3SC12CC3Br)C(C)(C)CC(C)(C)C. The molecule has 3 aliphatic rings. The number of thioether (sulfide) groups is 1. The van der Waals surface area contributed by atoms with E-state index in [9.17, 15) is 19.5 Å². The molecule has 2 bridgehead atoms. The lowest BCUT2D eigenvalue weighted by atomic mass is 9.70. The zero-order chi connectivity index (χ0) is 26.5. The number of halogens is 1. The Hall–Kier alpha value is -1.06. The van der Waals surface area contributed by atoms with Gasteiger partial charge in [-0.1, -0.05) is 42.8 Å². The normalized spacial score (nSPS) is 33.0. The van der Waals surface area contributed by atoms with Gasteiger partial charge in [0.2, 0.25) is 11.8 Å². The summed E-state index contributed by atoms with van der Waals surface area (Å²) in [7, 11) is 0. The first kappa shape index (κ1) is 28.5. The molecule has 0 aliphatic carbocycles. The van der Waals surface area contributed by atoms with Crippen molar-refractivity contribution in [3.63, 3.8) is 0 Å². The van der Waals surface area contributed by atoms with Crippen LogP contribution in [-0.2, 0) is 19.1 Å². The fourth-order valence-electron chi connectivity index (χ4n) is 6.72. The molecule has 0 saturated carbocycles. The fraction of sp³-hybridized carbons (Fsp3) is 0.808. The first-order chi connectivity index (χ1) is 16.2. The number of carbonyl (C=O) groups excluding carboxylic acids is 3. The minimum atomic E-state index is -0.782. The molecule has 7 atom stereocenters. The van der Waals surface area contributed by atoms with Gasteiger partial charge in [0, 0.05) is 22.2 Å². The van der Waals surface area contributed by atoms with Gasteiger partial charge < -0.3 is 19.6 Å². The highest BCUT2D eigenvalue weighted by atomic mass is 79.9. The van der Waals surface area contributed by atoms with E-state index in [-0.39, 0.29) is 46.5 Å². The highest BCUT2D eigenvalue weighted by Crippen LogP contribution is 2.68. The van der Waals surface area contributed by atoms with Gasteiger partial charge in [0.25, 0.3) is 0 Å². The Bertz CT molecular complexity index is 874. The number of esters is 1. The van der Waals surface area contributed by atoms with Crippen LogP contribution in [0.1, 0.15) is 61.3 Å². The van der Waals surface area contributed by atoms with E-state index >= 15 is 0 Å². The van der Waals surface area contributed by atoms with Crippen molar-refractivity contribution in [3.8, 4) is 0 Å². The molecule has 3 fully saturated rings. The Morgan fingerprint density at radius 2 is 2.00 bits per heavy atom. The maximum Gasteiger partial charge on any atom is 0.310 e. The largest absolute Gasteiger partial charge is 0.466 e. The summed E-state index contributed by atoms with van der Waals surface area (Å²) in [5.74, 6) is -2.02. The number of hydrogen-bond acceptors (Lipinski definition) is 6. The number of rotatable bonds is 9. The predicted octanol–water partition coefficient (Wildman–Crippen LogP) is 3.62. The van der Waals surface area contributed by atoms with Crippen LogP contribution >= 0.6 is 27.7 Å². The Morgan fingerprint density at radius 3 is 2.51 bits per heavy atom. The molecular weight excluding hydrogens is 532 g/mol. The summed E-state index contributed by atoms with van der Waals surface area (Å²) >= 11 is 5.34. The van der Waals surface area contributed by atoms with Gasteiger partial charge in [0.1, 0.15) is 6.04 Å². The van der Waals surface area contributed by atoms with Crippen LogP contribution in [0.5, 0.6) is 0 Å². The molecule has 198 valence electrons. The van der Waals surface area contributed by atoms with Crippen LogP contribution in [0.3, 0.4) is 0 Å². The molecule has 2 amide bonds. The number of aliphatic hydroxyl groups is 1. The highest BCUT2D eigenvalue weighted by Gasteiger charge is 2.76. The van der Waals surface area contributed by atoms with Crippen LogP contribution in [0.2, 0.25) is 0 Å². The fourth-order valence-corrected chi connectivity index (χ4v) is 10.3. The maximum atomic E-state index is 14.5.